The molecule has 0 radical (unpaired) electrons. The van der Waals surface area contributed by atoms with E-state index in [0.29, 0.717) is 12.3 Å². The van der Waals surface area contributed by atoms with Gasteiger partial charge in [0.1, 0.15) is 17.8 Å². The number of allylic oxidation sites excluding steroid dienone is 1. The van der Waals surface area contributed by atoms with Crippen LogP contribution in [0.5, 0.6) is 5.75 Å². The van der Waals surface area contributed by atoms with Gasteiger partial charge in [0.15, 0.2) is 5.82 Å². The number of amides is 1. The molecule has 0 unspecified atom stereocenters. The zero-order valence-corrected chi connectivity index (χ0v) is 17.1. The van der Waals surface area contributed by atoms with Crippen molar-refractivity contribution in [2.24, 2.45) is 0 Å². The van der Waals surface area contributed by atoms with Crippen LogP contribution in [0.15, 0.2) is 54.7 Å². The Balaban J connectivity index is 1.28. The summed E-state index contributed by atoms with van der Waals surface area (Å²) in [7, 11) is 0. The van der Waals surface area contributed by atoms with Gasteiger partial charge in [-0.1, -0.05) is 6.08 Å². The van der Waals surface area contributed by atoms with E-state index in [0.717, 1.165) is 50.4 Å². The molecule has 6 nitrogen and oxygen atoms in total. The number of unbranched alkanes of at least 4 members (excludes halogenated alkanes) is 1. The molecule has 1 aromatic carbocycles. The quantitative estimate of drug-likeness (QED) is 0.679. The van der Waals surface area contributed by atoms with Gasteiger partial charge in [0, 0.05) is 32.0 Å². The number of fused-ring (bicyclic) bond motifs is 1. The molecule has 0 bridgehead atoms. The van der Waals surface area contributed by atoms with Crippen molar-refractivity contribution < 1.29 is 13.9 Å². The molecule has 4 rings (SSSR count). The van der Waals surface area contributed by atoms with Crippen LogP contribution in [0.1, 0.15) is 42.4 Å². The average molecular weight is 408 g/mol. The molecular weight excluding hydrogens is 383 g/mol. The van der Waals surface area contributed by atoms with E-state index >= 15 is 0 Å². The topological polar surface area (TPSA) is 58.6 Å². The van der Waals surface area contributed by atoms with Crippen LogP contribution in [-0.2, 0) is 0 Å². The van der Waals surface area contributed by atoms with Crippen LogP contribution in [0.25, 0.3) is 5.57 Å². The molecule has 1 amide bonds. The maximum absolute atomic E-state index is 13.6. The molecule has 2 aliphatic heterocycles. The van der Waals surface area contributed by atoms with Crippen molar-refractivity contribution >= 4 is 11.5 Å². The fourth-order valence-electron chi connectivity index (χ4n) is 3.76. The maximum Gasteiger partial charge on any atom is 0.262 e. The molecule has 0 aliphatic carbocycles. The van der Waals surface area contributed by atoms with Gasteiger partial charge >= 0.3 is 0 Å². The first-order valence-corrected chi connectivity index (χ1v) is 10.3. The molecule has 0 atom stereocenters. The summed E-state index contributed by atoms with van der Waals surface area (Å²) in [6, 6.07) is 5.86. The molecule has 0 fully saturated rings. The second-order valence-corrected chi connectivity index (χ2v) is 7.53. The van der Waals surface area contributed by atoms with Crippen LogP contribution >= 0.6 is 0 Å². The highest BCUT2D eigenvalue weighted by Gasteiger charge is 2.24. The highest BCUT2D eigenvalue weighted by atomic mass is 19.1. The number of aromatic nitrogens is 2. The van der Waals surface area contributed by atoms with E-state index in [-0.39, 0.29) is 11.5 Å². The third kappa shape index (κ3) is 4.57. The summed E-state index contributed by atoms with van der Waals surface area (Å²) >= 11 is 0. The van der Waals surface area contributed by atoms with Crippen molar-refractivity contribution in [3.63, 3.8) is 0 Å². The number of benzene rings is 1. The molecular formula is C23H25FN4O2. The van der Waals surface area contributed by atoms with E-state index < -0.39 is 5.82 Å². The van der Waals surface area contributed by atoms with E-state index in [1.54, 1.807) is 23.6 Å². The van der Waals surface area contributed by atoms with Crippen molar-refractivity contribution in [1.29, 1.82) is 0 Å². The zero-order chi connectivity index (χ0) is 20.9. The Hall–Kier alpha value is -3.06. The third-order valence-corrected chi connectivity index (χ3v) is 5.45. The number of hydrogen-bond donors (Lipinski definition) is 0. The van der Waals surface area contributed by atoms with Crippen molar-refractivity contribution in [3.8, 4) is 5.75 Å². The zero-order valence-electron chi connectivity index (χ0n) is 17.1. The number of ether oxygens (including phenoxy) is 1. The lowest BCUT2D eigenvalue weighted by Gasteiger charge is -2.26. The molecule has 2 aliphatic rings. The normalized spacial score (nSPS) is 17.0. The number of carbonyl (C=O) groups excluding carboxylic acids is 1. The van der Waals surface area contributed by atoms with Gasteiger partial charge in [-0.05, 0) is 62.6 Å². The second kappa shape index (κ2) is 9.17. The number of carbonyl (C=O) groups is 1. The van der Waals surface area contributed by atoms with E-state index in [1.165, 1.54) is 23.8 Å². The van der Waals surface area contributed by atoms with Gasteiger partial charge in [-0.3, -0.25) is 9.69 Å². The molecule has 3 heterocycles. The Kier molecular flexibility index (Phi) is 6.18. The molecule has 2 aromatic rings. The Morgan fingerprint density at radius 3 is 2.73 bits per heavy atom. The molecule has 1 aromatic heterocycles. The van der Waals surface area contributed by atoms with Crippen molar-refractivity contribution in [3.05, 3.63) is 71.9 Å². The van der Waals surface area contributed by atoms with Crippen LogP contribution in [0.4, 0.5) is 4.39 Å². The van der Waals surface area contributed by atoms with Crippen LogP contribution in [0, 0.1) is 5.82 Å². The Morgan fingerprint density at radius 1 is 1.17 bits per heavy atom. The molecule has 0 spiro atoms. The van der Waals surface area contributed by atoms with Gasteiger partial charge in [0.2, 0.25) is 0 Å². The minimum absolute atomic E-state index is 0.218. The first kappa shape index (κ1) is 20.2. The predicted molar refractivity (Wildman–Crippen MR) is 112 cm³/mol. The van der Waals surface area contributed by atoms with Crippen LogP contribution in [0.2, 0.25) is 0 Å². The predicted octanol–water partition coefficient (Wildman–Crippen LogP) is 3.88. The minimum Gasteiger partial charge on any atom is -0.462 e. The fraction of sp³-hybridized carbons (Fsp3) is 0.348. The molecule has 30 heavy (non-hydrogen) atoms. The Labute approximate surface area is 175 Å². The van der Waals surface area contributed by atoms with Gasteiger partial charge in [-0.2, -0.15) is 0 Å². The first-order valence-electron chi connectivity index (χ1n) is 10.3. The number of halogens is 1. The molecule has 0 saturated heterocycles. The monoisotopic (exact) mass is 408 g/mol. The third-order valence-electron chi connectivity index (χ3n) is 5.45. The summed E-state index contributed by atoms with van der Waals surface area (Å²) in [5.74, 6) is 0.548. The maximum atomic E-state index is 13.6. The van der Waals surface area contributed by atoms with Crippen molar-refractivity contribution in [1.82, 2.24) is 19.8 Å². The van der Waals surface area contributed by atoms with Gasteiger partial charge in [0.25, 0.3) is 5.91 Å². The molecule has 0 saturated carbocycles. The van der Waals surface area contributed by atoms with Crippen molar-refractivity contribution in [2.75, 3.05) is 26.2 Å². The Morgan fingerprint density at radius 2 is 1.97 bits per heavy atom. The highest BCUT2D eigenvalue weighted by Crippen LogP contribution is 2.27. The van der Waals surface area contributed by atoms with Crippen LogP contribution in [0.3, 0.4) is 0 Å². The SMILES string of the molecule is CC1=COc2ccc(F)cc2C(=O)N1CCCCN1CC=C(c2ncccn2)CC1. The largest absolute Gasteiger partial charge is 0.462 e. The number of rotatable bonds is 6. The minimum atomic E-state index is -0.441. The number of hydrogen-bond acceptors (Lipinski definition) is 5. The summed E-state index contributed by atoms with van der Waals surface area (Å²) in [6.45, 7) is 5.24. The summed E-state index contributed by atoms with van der Waals surface area (Å²) in [5, 5.41) is 0. The molecule has 0 N–H and O–H groups in total. The van der Waals surface area contributed by atoms with Gasteiger partial charge in [0.05, 0.1) is 11.3 Å². The van der Waals surface area contributed by atoms with E-state index in [4.69, 9.17) is 4.74 Å². The summed E-state index contributed by atoms with van der Waals surface area (Å²) < 4.78 is 19.2. The lowest BCUT2D eigenvalue weighted by atomic mass is 10.1. The fourth-order valence-corrected chi connectivity index (χ4v) is 3.76. The lowest BCUT2D eigenvalue weighted by molar-refractivity contribution is 0.0804. The lowest BCUT2D eigenvalue weighted by Crippen LogP contribution is -2.32. The smallest absolute Gasteiger partial charge is 0.262 e. The van der Waals surface area contributed by atoms with Crippen LogP contribution in [-0.4, -0.2) is 51.9 Å². The summed E-state index contributed by atoms with van der Waals surface area (Å²) in [5.41, 5.74) is 2.19. The first-order chi connectivity index (χ1) is 14.6. The van der Waals surface area contributed by atoms with E-state index in [1.807, 2.05) is 13.0 Å². The van der Waals surface area contributed by atoms with Gasteiger partial charge < -0.3 is 9.64 Å². The summed E-state index contributed by atoms with van der Waals surface area (Å²) in [4.78, 5) is 25.6. The van der Waals surface area contributed by atoms with Gasteiger partial charge in [-0.25, -0.2) is 14.4 Å². The standard InChI is InChI=1S/C23H25FN4O2/c1-17-16-30-21-6-5-19(24)15-20(21)23(29)28(17)12-3-2-11-27-13-7-18(8-14-27)22-25-9-4-10-26-22/h4-7,9-10,15-16H,2-3,8,11-14H2,1H3. The molecule has 7 heteroatoms. The number of nitrogens with zero attached hydrogens (tertiary/aromatic N) is 4. The van der Waals surface area contributed by atoms with E-state index in [9.17, 15) is 9.18 Å². The molecule has 156 valence electrons. The highest BCUT2D eigenvalue weighted by molar-refractivity contribution is 5.98. The average Bonchev–Trinajstić information content (AvgIpc) is 2.89. The van der Waals surface area contributed by atoms with Crippen LogP contribution < -0.4 is 4.74 Å². The Bertz CT molecular complexity index is 974. The van der Waals surface area contributed by atoms with Crippen molar-refractivity contribution in [2.45, 2.75) is 26.2 Å². The summed E-state index contributed by atoms with van der Waals surface area (Å²) in [6.07, 6.45) is 10.1. The van der Waals surface area contributed by atoms with E-state index in [2.05, 4.69) is 20.9 Å². The van der Waals surface area contributed by atoms with Gasteiger partial charge in [-0.15, -0.1) is 0 Å². The second-order valence-electron chi connectivity index (χ2n) is 7.53.